The van der Waals surface area contributed by atoms with E-state index >= 15 is 0 Å². The van der Waals surface area contributed by atoms with E-state index in [4.69, 9.17) is 16.7 Å². The van der Waals surface area contributed by atoms with Crippen LogP contribution in [0.25, 0.3) is 0 Å². The number of aliphatic hydroxyl groups excluding tert-OH is 1. The molecule has 0 bridgehead atoms. The summed E-state index contributed by atoms with van der Waals surface area (Å²) in [6.45, 7) is 1.92. The highest BCUT2D eigenvalue weighted by Crippen LogP contribution is 2.27. The number of hydrogen-bond acceptors (Lipinski definition) is 4. The number of nitro groups is 1. The van der Waals surface area contributed by atoms with Gasteiger partial charge in [0.25, 0.3) is 5.69 Å². The number of nitro benzene ring substituents is 1. The van der Waals surface area contributed by atoms with Crippen molar-refractivity contribution in [2.45, 2.75) is 17.9 Å². The van der Waals surface area contributed by atoms with Crippen LogP contribution in [-0.4, -0.2) is 21.9 Å². The van der Waals surface area contributed by atoms with E-state index in [1.807, 2.05) is 6.92 Å². The van der Waals surface area contributed by atoms with Gasteiger partial charge in [0.05, 0.1) is 11.5 Å². The Hall–Kier alpha value is -0.780. The van der Waals surface area contributed by atoms with Gasteiger partial charge in [0.1, 0.15) is 0 Å². The smallest absolute Gasteiger partial charge is 0.273 e. The van der Waals surface area contributed by atoms with Crippen molar-refractivity contribution in [3.05, 3.63) is 38.9 Å². The van der Waals surface area contributed by atoms with Crippen LogP contribution in [0.5, 0.6) is 0 Å². The first-order chi connectivity index (χ1) is 7.54. The lowest BCUT2D eigenvalue weighted by Crippen LogP contribution is -2.03. The average Bonchev–Trinajstić information content (AvgIpc) is 2.25. The summed E-state index contributed by atoms with van der Waals surface area (Å²) in [4.78, 5) is 10.3. The second kappa shape index (κ2) is 6.08. The molecular formula is C10H12ClNO3S. The van der Waals surface area contributed by atoms with E-state index in [0.29, 0.717) is 16.3 Å². The van der Waals surface area contributed by atoms with E-state index in [1.54, 1.807) is 6.07 Å². The molecule has 0 aromatic heterocycles. The van der Waals surface area contributed by atoms with Crippen molar-refractivity contribution in [1.82, 2.24) is 0 Å². The molecule has 0 saturated heterocycles. The van der Waals surface area contributed by atoms with E-state index < -0.39 is 4.92 Å². The zero-order chi connectivity index (χ0) is 12.1. The van der Waals surface area contributed by atoms with Crippen molar-refractivity contribution in [2.24, 2.45) is 0 Å². The SMILES string of the molecule is CC(CO)SCc1cc(Cl)ccc1[N+](=O)[O-]. The van der Waals surface area contributed by atoms with E-state index in [1.165, 1.54) is 23.9 Å². The Morgan fingerprint density at radius 2 is 2.31 bits per heavy atom. The molecule has 1 N–H and O–H groups in total. The molecule has 88 valence electrons. The summed E-state index contributed by atoms with van der Waals surface area (Å²) >= 11 is 7.25. The highest BCUT2D eigenvalue weighted by Gasteiger charge is 2.14. The Bertz CT molecular complexity index is 386. The fourth-order valence-electron chi connectivity index (χ4n) is 1.13. The van der Waals surface area contributed by atoms with Crippen LogP contribution < -0.4 is 0 Å². The highest BCUT2D eigenvalue weighted by atomic mass is 35.5. The standard InChI is InChI=1S/C10H12ClNO3S/c1-7(5-13)16-6-8-4-9(11)2-3-10(8)12(14)15/h2-4,7,13H,5-6H2,1H3. The highest BCUT2D eigenvalue weighted by molar-refractivity contribution is 7.99. The van der Waals surface area contributed by atoms with E-state index in [-0.39, 0.29) is 17.5 Å². The molecule has 1 aromatic rings. The van der Waals surface area contributed by atoms with Gasteiger partial charge < -0.3 is 5.11 Å². The molecule has 0 aliphatic rings. The number of nitrogens with zero attached hydrogens (tertiary/aromatic N) is 1. The van der Waals surface area contributed by atoms with Crippen molar-refractivity contribution in [1.29, 1.82) is 0 Å². The molecule has 0 heterocycles. The lowest BCUT2D eigenvalue weighted by atomic mass is 10.2. The fraction of sp³-hybridized carbons (Fsp3) is 0.400. The summed E-state index contributed by atoms with van der Waals surface area (Å²) in [5, 5.41) is 20.2. The largest absolute Gasteiger partial charge is 0.395 e. The van der Waals surface area contributed by atoms with Gasteiger partial charge in [-0.15, -0.1) is 0 Å². The molecule has 1 unspecified atom stereocenters. The molecule has 1 rings (SSSR count). The molecular weight excluding hydrogens is 250 g/mol. The third kappa shape index (κ3) is 3.66. The van der Waals surface area contributed by atoms with Gasteiger partial charge in [-0.1, -0.05) is 18.5 Å². The maximum absolute atomic E-state index is 10.8. The first-order valence-electron chi connectivity index (χ1n) is 4.70. The zero-order valence-electron chi connectivity index (χ0n) is 8.72. The summed E-state index contributed by atoms with van der Waals surface area (Å²) in [6, 6.07) is 4.50. The summed E-state index contributed by atoms with van der Waals surface area (Å²) in [6.07, 6.45) is 0. The van der Waals surface area contributed by atoms with Crippen molar-refractivity contribution in [2.75, 3.05) is 6.61 Å². The van der Waals surface area contributed by atoms with Crippen molar-refractivity contribution in [3.63, 3.8) is 0 Å². The maximum atomic E-state index is 10.8. The van der Waals surface area contributed by atoms with E-state index in [9.17, 15) is 10.1 Å². The maximum Gasteiger partial charge on any atom is 0.273 e. The predicted octanol–water partition coefficient (Wildman–Crippen LogP) is 2.86. The van der Waals surface area contributed by atoms with Crippen LogP contribution in [0.3, 0.4) is 0 Å². The molecule has 6 heteroatoms. The van der Waals surface area contributed by atoms with Crippen molar-refractivity contribution < 1.29 is 10.0 Å². The van der Waals surface area contributed by atoms with Gasteiger partial charge >= 0.3 is 0 Å². The number of thioether (sulfide) groups is 1. The van der Waals surface area contributed by atoms with Gasteiger partial charge in [-0.3, -0.25) is 10.1 Å². The molecule has 1 aromatic carbocycles. The number of rotatable bonds is 5. The summed E-state index contributed by atoms with van der Waals surface area (Å²) in [5.41, 5.74) is 0.657. The predicted molar refractivity (Wildman–Crippen MR) is 65.9 cm³/mol. The van der Waals surface area contributed by atoms with Gasteiger partial charge in [0, 0.05) is 27.7 Å². The molecule has 16 heavy (non-hydrogen) atoms. The Morgan fingerprint density at radius 3 is 2.88 bits per heavy atom. The van der Waals surface area contributed by atoms with Gasteiger partial charge in [-0.05, 0) is 12.1 Å². The third-order valence-electron chi connectivity index (χ3n) is 2.02. The van der Waals surface area contributed by atoms with Crippen LogP contribution in [0, 0.1) is 10.1 Å². The number of hydrogen-bond donors (Lipinski definition) is 1. The van der Waals surface area contributed by atoms with Crippen molar-refractivity contribution >= 4 is 29.1 Å². The quantitative estimate of drug-likeness (QED) is 0.654. The summed E-state index contributed by atoms with van der Waals surface area (Å²) in [5.74, 6) is 0.471. The summed E-state index contributed by atoms with van der Waals surface area (Å²) in [7, 11) is 0. The summed E-state index contributed by atoms with van der Waals surface area (Å²) < 4.78 is 0. The Kier molecular flexibility index (Phi) is 5.05. The minimum absolute atomic E-state index is 0.0542. The average molecular weight is 262 g/mol. The minimum atomic E-state index is -0.421. The van der Waals surface area contributed by atoms with Gasteiger partial charge in [-0.2, -0.15) is 11.8 Å². The van der Waals surface area contributed by atoms with Gasteiger partial charge in [0.15, 0.2) is 0 Å². The lowest BCUT2D eigenvalue weighted by Gasteiger charge is -2.08. The first-order valence-corrected chi connectivity index (χ1v) is 6.12. The molecule has 4 nitrogen and oxygen atoms in total. The Balaban J connectivity index is 2.84. The van der Waals surface area contributed by atoms with E-state index in [2.05, 4.69) is 0 Å². The second-order valence-electron chi connectivity index (χ2n) is 3.33. The molecule has 0 spiro atoms. The first kappa shape index (κ1) is 13.3. The zero-order valence-corrected chi connectivity index (χ0v) is 10.3. The Labute approximate surface area is 103 Å². The van der Waals surface area contributed by atoms with Crippen LogP contribution in [0.15, 0.2) is 18.2 Å². The second-order valence-corrected chi connectivity index (χ2v) is 5.20. The van der Waals surface area contributed by atoms with E-state index in [0.717, 1.165) is 0 Å². The van der Waals surface area contributed by atoms with Gasteiger partial charge in [0.2, 0.25) is 0 Å². The monoisotopic (exact) mass is 261 g/mol. The fourth-order valence-corrected chi connectivity index (χ4v) is 2.13. The normalized spacial score (nSPS) is 12.4. The third-order valence-corrected chi connectivity index (χ3v) is 3.45. The van der Waals surface area contributed by atoms with Crippen molar-refractivity contribution in [3.8, 4) is 0 Å². The molecule has 0 aliphatic heterocycles. The number of aliphatic hydroxyl groups is 1. The van der Waals surface area contributed by atoms with Crippen LogP contribution in [0.4, 0.5) is 5.69 Å². The lowest BCUT2D eigenvalue weighted by molar-refractivity contribution is -0.385. The van der Waals surface area contributed by atoms with Crippen LogP contribution in [0.1, 0.15) is 12.5 Å². The molecule has 0 saturated carbocycles. The molecule has 1 atom stereocenters. The minimum Gasteiger partial charge on any atom is -0.395 e. The topological polar surface area (TPSA) is 63.4 Å². The van der Waals surface area contributed by atoms with Crippen LogP contribution in [0.2, 0.25) is 5.02 Å². The van der Waals surface area contributed by atoms with Crippen LogP contribution >= 0.6 is 23.4 Å². The number of benzene rings is 1. The van der Waals surface area contributed by atoms with Crippen LogP contribution in [-0.2, 0) is 5.75 Å². The van der Waals surface area contributed by atoms with Gasteiger partial charge in [-0.25, -0.2) is 0 Å². The molecule has 0 fully saturated rings. The molecule has 0 radical (unpaired) electrons. The number of halogens is 1. The Morgan fingerprint density at radius 1 is 1.62 bits per heavy atom. The molecule has 0 aliphatic carbocycles. The molecule has 0 amide bonds.